The Morgan fingerprint density at radius 1 is 1.03 bits per heavy atom. The van der Waals surface area contributed by atoms with Gasteiger partial charge < -0.3 is 14.6 Å². The lowest BCUT2D eigenvalue weighted by Crippen LogP contribution is -2.35. The summed E-state index contributed by atoms with van der Waals surface area (Å²) in [5, 5.41) is 11.4. The second-order valence-electron chi connectivity index (χ2n) is 7.11. The number of aromatic nitrogens is 2. The topological polar surface area (TPSA) is 111 Å². The van der Waals surface area contributed by atoms with Gasteiger partial charge in [0.15, 0.2) is 0 Å². The Morgan fingerprint density at radius 2 is 1.73 bits per heavy atom. The van der Waals surface area contributed by atoms with Crippen LogP contribution in [0.4, 0.5) is 6.01 Å². The summed E-state index contributed by atoms with van der Waals surface area (Å²) < 4.78 is 12.5. The van der Waals surface area contributed by atoms with Gasteiger partial charge in [0.05, 0.1) is 26.0 Å². The van der Waals surface area contributed by atoms with Crippen molar-refractivity contribution in [3.8, 4) is 12.0 Å². The van der Waals surface area contributed by atoms with Gasteiger partial charge in [-0.25, -0.2) is 9.36 Å². The van der Waals surface area contributed by atoms with Gasteiger partial charge in [-0.3, -0.25) is 0 Å². The number of hydrogen-bond acceptors (Lipinski definition) is 6. The van der Waals surface area contributed by atoms with Crippen LogP contribution >= 0.6 is 46.4 Å². The number of nitriles is 1. The van der Waals surface area contributed by atoms with E-state index in [1.807, 2.05) is 0 Å². The highest BCUT2D eigenvalue weighted by atomic mass is 35.5. The lowest BCUT2D eigenvalue weighted by molar-refractivity contribution is 0.455. The molecule has 2 aromatic heterocycles. The highest BCUT2D eigenvalue weighted by Crippen LogP contribution is 2.39. The molecule has 0 aliphatic carbocycles. The SMILES string of the molecule is N#CC1=c2oc(=O)/c(=C\c3ccc(Cl)c(Cl)c3)n2-c2oc(N)nc2[C@@H]1c1ccc(Cl)c(Cl)c1. The van der Waals surface area contributed by atoms with Crippen LogP contribution in [0.5, 0.6) is 0 Å². The fourth-order valence-corrected chi connectivity index (χ4v) is 4.34. The van der Waals surface area contributed by atoms with E-state index in [9.17, 15) is 10.1 Å². The van der Waals surface area contributed by atoms with Crippen molar-refractivity contribution in [3.63, 3.8) is 0 Å². The zero-order chi connectivity index (χ0) is 23.4. The molecule has 0 spiro atoms. The van der Waals surface area contributed by atoms with E-state index in [2.05, 4.69) is 11.1 Å². The van der Waals surface area contributed by atoms with Crippen molar-refractivity contribution in [2.45, 2.75) is 5.92 Å². The summed E-state index contributed by atoms with van der Waals surface area (Å²) in [5.41, 5.74) is 6.79. The maximum atomic E-state index is 12.9. The van der Waals surface area contributed by atoms with Crippen LogP contribution in [0.25, 0.3) is 17.5 Å². The lowest BCUT2D eigenvalue weighted by atomic mass is 9.88. The number of rotatable bonds is 2. The first-order valence-electron chi connectivity index (χ1n) is 9.33. The van der Waals surface area contributed by atoms with Crippen molar-refractivity contribution in [1.29, 1.82) is 5.26 Å². The molecule has 1 aliphatic heterocycles. The quantitative estimate of drug-likeness (QED) is 0.423. The number of halogens is 4. The molecule has 0 saturated carbocycles. The van der Waals surface area contributed by atoms with Crippen LogP contribution in [0, 0.1) is 11.3 Å². The van der Waals surface area contributed by atoms with E-state index >= 15 is 0 Å². The van der Waals surface area contributed by atoms with Crippen LogP contribution in [0.15, 0.2) is 50.0 Å². The third kappa shape index (κ3) is 3.52. The summed E-state index contributed by atoms with van der Waals surface area (Å²) in [4.78, 5) is 17.1. The van der Waals surface area contributed by atoms with Crippen molar-refractivity contribution in [2.75, 3.05) is 5.73 Å². The summed E-state index contributed by atoms with van der Waals surface area (Å²) in [7, 11) is 0. The number of hydrogen-bond donors (Lipinski definition) is 1. The van der Waals surface area contributed by atoms with E-state index < -0.39 is 11.5 Å². The number of oxazole rings is 2. The van der Waals surface area contributed by atoms with Gasteiger partial charge in [-0.15, -0.1) is 0 Å². The van der Waals surface area contributed by atoms with Gasteiger partial charge >= 0.3 is 5.63 Å². The largest absolute Gasteiger partial charge is 0.406 e. The van der Waals surface area contributed by atoms with E-state index in [0.29, 0.717) is 36.9 Å². The molecule has 5 rings (SSSR count). The van der Waals surface area contributed by atoms with Crippen LogP contribution < -0.4 is 22.3 Å². The maximum Gasteiger partial charge on any atom is 0.362 e. The third-order valence-corrected chi connectivity index (χ3v) is 6.61. The van der Waals surface area contributed by atoms with Crippen molar-refractivity contribution < 1.29 is 8.83 Å². The molecule has 1 atom stereocenters. The summed E-state index contributed by atoms with van der Waals surface area (Å²) in [5.74, 6) is -0.598. The predicted molar refractivity (Wildman–Crippen MR) is 125 cm³/mol. The van der Waals surface area contributed by atoms with Crippen LogP contribution in [0.3, 0.4) is 0 Å². The minimum absolute atomic E-state index is 0.00599. The minimum Gasteiger partial charge on any atom is -0.406 e. The highest BCUT2D eigenvalue weighted by Gasteiger charge is 2.36. The molecule has 2 aromatic carbocycles. The number of benzene rings is 2. The smallest absolute Gasteiger partial charge is 0.362 e. The number of anilines is 1. The molecule has 1 aliphatic rings. The number of nitrogens with two attached hydrogens (primary N) is 1. The normalized spacial score (nSPS) is 15.3. The van der Waals surface area contributed by atoms with Gasteiger partial charge in [0, 0.05) is 0 Å². The molecule has 0 fully saturated rings. The Balaban J connectivity index is 1.86. The summed E-state index contributed by atoms with van der Waals surface area (Å²) in [6.07, 6.45) is 1.54. The van der Waals surface area contributed by atoms with Gasteiger partial charge in [-0.1, -0.05) is 58.5 Å². The highest BCUT2D eigenvalue weighted by molar-refractivity contribution is 6.42. The summed E-state index contributed by atoms with van der Waals surface area (Å²) >= 11 is 24.3. The zero-order valence-electron chi connectivity index (χ0n) is 16.3. The molecule has 3 heterocycles. The first-order chi connectivity index (χ1) is 15.8. The van der Waals surface area contributed by atoms with Crippen molar-refractivity contribution >= 4 is 64.1 Å². The number of nitrogen functional groups attached to an aromatic ring is 1. The standard InChI is InChI=1S/C22H10Cl4N4O3/c23-12-3-1-9(5-14(12)25)6-16-21(31)32-19-11(8-27)17(10-2-4-13(24)15(26)7-10)18-20(30(16)19)33-22(28)29-18/h1-7,17H,(H2,28,29)/b16-6+/t17-/m1/s1. The second-order valence-corrected chi connectivity index (χ2v) is 8.74. The third-order valence-electron chi connectivity index (χ3n) is 5.13. The van der Waals surface area contributed by atoms with E-state index in [1.165, 1.54) is 10.6 Å². The molecule has 0 amide bonds. The first-order valence-corrected chi connectivity index (χ1v) is 10.8. The fourth-order valence-electron chi connectivity index (χ4n) is 3.72. The molecule has 4 aromatic rings. The minimum atomic E-state index is -0.746. The Kier molecular flexibility index (Phi) is 5.26. The van der Waals surface area contributed by atoms with E-state index in [0.717, 1.165) is 0 Å². The average molecular weight is 520 g/mol. The molecule has 0 saturated heterocycles. The monoisotopic (exact) mass is 518 g/mol. The molecular weight excluding hydrogens is 510 g/mol. The van der Waals surface area contributed by atoms with Crippen molar-refractivity contribution in [1.82, 2.24) is 9.55 Å². The summed E-state index contributed by atoms with van der Waals surface area (Å²) in [6, 6.07) is 11.8. The Bertz CT molecular complexity index is 1680. The molecule has 0 radical (unpaired) electrons. The molecule has 7 nitrogen and oxygen atoms in total. The van der Waals surface area contributed by atoms with E-state index in [4.69, 9.17) is 61.0 Å². The fraction of sp³-hybridized carbons (Fsp3) is 0.0455. The van der Waals surface area contributed by atoms with E-state index in [-0.39, 0.29) is 28.4 Å². The first kappa shape index (κ1) is 21.7. The van der Waals surface area contributed by atoms with Gasteiger partial charge in [-0.05, 0) is 41.5 Å². The van der Waals surface area contributed by atoms with Crippen LogP contribution in [0.1, 0.15) is 22.7 Å². The second kappa shape index (κ2) is 8.01. The Morgan fingerprint density at radius 3 is 2.39 bits per heavy atom. The van der Waals surface area contributed by atoms with Crippen LogP contribution in [0.2, 0.25) is 20.1 Å². The molecular formula is C22H10Cl4N4O3. The Hall–Kier alpha value is -3.15. The van der Waals surface area contributed by atoms with Crippen LogP contribution in [-0.2, 0) is 0 Å². The molecule has 2 N–H and O–H groups in total. The Labute approximate surface area is 205 Å². The number of nitrogens with zero attached hydrogens (tertiary/aromatic N) is 3. The van der Waals surface area contributed by atoms with Crippen LogP contribution in [-0.4, -0.2) is 9.55 Å². The van der Waals surface area contributed by atoms with Gasteiger partial charge in [0.1, 0.15) is 22.7 Å². The maximum absolute atomic E-state index is 12.9. The van der Waals surface area contributed by atoms with Crippen molar-refractivity contribution in [3.05, 3.63) is 94.6 Å². The molecule has 0 unspecified atom stereocenters. The molecule has 33 heavy (non-hydrogen) atoms. The molecule has 11 heteroatoms. The van der Waals surface area contributed by atoms with Crippen molar-refractivity contribution in [2.24, 2.45) is 0 Å². The number of fused-ring (bicyclic) bond motifs is 3. The molecule has 164 valence electrons. The van der Waals surface area contributed by atoms with E-state index in [1.54, 1.807) is 36.4 Å². The average Bonchev–Trinajstić information content (AvgIpc) is 3.31. The predicted octanol–water partition coefficient (Wildman–Crippen LogP) is 4.26. The zero-order valence-corrected chi connectivity index (χ0v) is 19.3. The van der Waals surface area contributed by atoms with Gasteiger partial charge in [-0.2, -0.15) is 10.2 Å². The van der Waals surface area contributed by atoms with Gasteiger partial charge in [0.2, 0.25) is 11.4 Å². The molecule has 0 bridgehead atoms. The van der Waals surface area contributed by atoms with Gasteiger partial charge in [0.25, 0.3) is 6.01 Å². The lowest BCUT2D eigenvalue weighted by Gasteiger charge is -2.19. The summed E-state index contributed by atoms with van der Waals surface area (Å²) in [6.45, 7) is 0.